The monoisotopic (exact) mass is 219 g/mol. The first-order valence-electron chi connectivity index (χ1n) is 5.62. The van der Waals surface area contributed by atoms with Gasteiger partial charge in [0.15, 0.2) is 0 Å². The first kappa shape index (κ1) is 11.0. The number of hydrogen-bond donors (Lipinski definition) is 1. The summed E-state index contributed by atoms with van der Waals surface area (Å²) >= 11 is 0. The highest BCUT2D eigenvalue weighted by Gasteiger charge is 2.36. The number of amides is 1. The lowest BCUT2D eigenvalue weighted by molar-refractivity contribution is -0.128. The van der Waals surface area contributed by atoms with Crippen LogP contribution in [-0.2, 0) is 4.79 Å². The number of benzene rings is 1. The van der Waals surface area contributed by atoms with Gasteiger partial charge in [-0.05, 0) is 25.0 Å². The molecule has 1 aliphatic heterocycles. The van der Waals surface area contributed by atoms with Gasteiger partial charge in [0, 0.05) is 12.0 Å². The molecule has 1 aliphatic rings. The summed E-state index contributed by atoms with van der Waals surface area (Å²) in [5, 5.41) is 9.76. The fraction of sp³-hybridized carbons (Fsp3) is 0.462. The van der Waals surface area contributed by atoms with Crippen LogP contribution in [-0.4, -0.2) is 17.6 Å². The summed E-state index contributed by atoms with van der Waals surface area (Å²) < 4.78 is 0. The van der Waals surface area contributed by atoms with E-state index in [-0.39, 0.29) is 17.1 Å². The van der Waals surface area contributed by atoms with Gasteiger partial charge in [-0.2, -0.15) is 0 Å². The Balaban J connectivity index is 2.35. The van der Waals surface area contributed by atoms with Gasteiger partial charge in [0.1, 0.15) is 5.75 Å². The van der Waals surface area contributed by atoms with E-state index < -0.39 is 0 Å². The van der Waals surface area contributed by atoms with E-state index in [0.717, 1.165) is 12.8 Å². The molecule has 1 N–H and O–H groups in total. The molecule has 0 aromatic heterocycles. The van der Waals surface area contributed by atoms with Crippen molar-refractivity contribution in [3.05, 3.63) is 24.3 Å². The Morgan fingerprint density at radius 2 is 2.00 bits per heavy atom. The number of rotatable bonds is 1. The lowest BCUT2D eigenvalue weighted by atomic mass is 9.83. The fourth-order valence-electron chi connectivity index (χ4n) is 2.18. The Bertz CT molecular complexity index is 412. The van der Waals surface area contributed by atoms with Crippen molar-refractivity contribution in [2.24, 2.45) is 5.41 Å². The van der Waals surface area contributed by atoms with Crippen molar-refractivity contribution in [1.82, 2.24) is 0 Å². The van der Waals surface area contributed by atoms with E-state index in [0.29, 0.717) is 12.2 Å². The zero-order chi connectivity index (χ0) is 11.8. The van der Waals surface area contributed by atoms with Crippen LogP contribution in [0.2, 0.25) is 0 Å². The predicted molar refractivity (Wildman–Crippen MR) is 63.5 cm³/mol. The number of anilines is 1. The number of para-hydroxylation sites is 2. The summed E-state index contributed by atoms with van der Waals surface area (Å²) in [5.41, 5.74) is 0.306. The van der Waals surface area contributed by atoms with Gasteiger partial charge in [0.25, 0.3) is 0 Å². The normalized spacial score (nSPS) is 19.9. The van der Waals surface area contributed by atoms with Crippen molar-refractivity contribution >= 4 is 11.6 Å². The van der Waals surface area contributed by atoms with Crippen molar-refractivity contribution < 1.29 is 9.90 Å². The van der Waals surface area contributed by atoms with Gasteiger partial charge in [-0.25, -0.2) is 0 Å². The highest BCUT2D eigenvalue weighted by molar-refractivity contribution is 5.98. The second kappa shape index (κ2) is 3.81. The Morgan fingerprint density at radius 1 is 1.31 bits per heavy atom. The maximum atomic E-state index is 12.2. The first-order chi connectivity index (χ1) is 7.52. The third-order valence-corrected chi connectivity index (χ3v) is 3.18. The van der Waals surface area contributed by atoms with Crippen molar-refractivity contribution in [2.45, 2.75) is 26.7 Å². The topological polar surface area (TPSA) is 40.5 Å². The van der Waals surface area contributed by atoms with Gasteiger partial charge in [0.2, 0.25) is 5.91 Å². The van der Waals surface area contributed by atoms with Crippen LogP contribution in [0.1, 0.15) is 26.7 Å². The van der Waals surface area contributed by atoms with Crippen LogP contribution in [0.4, 0.5) is 5.69 Å². The molecule has 1 amide bonds. The number of phenols is 1. The third kappa shape index (κ3) is 1.77. The highest BCUT2D eigenvalue weighted by atomic mass is 16.3. The molecule has 86 valence electrons. The van der Waals surface area contributed by atoms with Gasteiger partial charge >= 0.3 is 0 Å². The zero-order valence-corrected chi connectivity index (χ0v) is 9.73. The second-order valence-electron chi connectivity index (χ2n) is 4.93. The molecule has 1 saturated heterocycles. The van der Waals surface area contributed by atoms with E-state index in [4.69, 9.17) is 0 Å². The third-order valence-electron chi connectivity index (χ3n) is 3.18. The van der Waals surface area contributed by atoms with E-state index >= 15 is 0 Å². The summed E-state index contributed by atoms with van der Waals surface area (Å²) in [6.45, 7) is 4.61. The Hall–Kier alpha value is -1.51. The molecule has 0 saturated carbocycles. The maximum Gasteiger partial charge on any atom is 0.232 e. The molecule has 0 radical (unpaired) electrons. The van der Waals surface area contributed by atoms with Crippen molar-refractivity contribution in [3.63, 3.8) is 0 Å². The standard InChI is InChI=1S/C13H17NO2/c1-13(2)8-5-9-14(12(13)16)10-6-3-4-7-11(10)15/h3-4,6-7,15H,5,8-9H2,1-2H3. The average molecular weight is 219 g/mol. The van der Waals surface area contributed by atoms with Gasteiger partial charge in [-0.15, -0.1) is 0 Å². The van der Waals surface area contributed by atoms with Crippen LogP contribution in [0.25, 0.3) is 0 Å². The molecule has 0 atom stereocenters. The largest absolute Gasteiger partial charge is 0.506 e. The molecule has 0 unspecified atom stereocenters. The van der Waals surface area contributed by atoms with E-state index in [1.165, 1.54) is 0 Å². The molecular formula is C13H17NO2. The minimum absolute atomic E-state index is 0.0975. The lowest BCUT2D eigenvalue weighted by Gasteiger charge is -2.37. The van der Waals surface area contributed by atoms with Crippen LogP contribution in [0.3, 0.4) is 0 Å². The molecule has 2 rings (SSSR count). The molecule has 0 bridgehead atoms. The summed E-state index contributed by atoms with van der Waals surface area (Å²) in [4.78, 5) is 13.9. The van der Waals surface area contributed by atoms with E-state index in [1.807, 2.05) is 19.9 Å². The van der Waals surface area contributed by atoms with E-state index in [2.05, 4.69) is 0 Å². The Labute approximate surface area is 95.7 Å². The lowest BCUT2D eigenvalue weighted by Crippen LogP contribution is -2.46. The van der Waals surface area contributed by atoms with Crippen molar-refractivity contribution in [3.8, 4) is 5.75 Å². The Kier molecular flexibility index (Phi) is 2.62. The number of carbonyl (C=O) groups is 1. The van der Waals surface area contributed by atoms with Crippen molar-refractivity contribution in [1.29, 1.82) is 0 Å². The summed E-state index contributed by atoms with van der Waals surface area (Å²) in [6, 6.07) is 7.00. The van der Waals surface area contributed by atoms with Crippen LogP contribution in [0.5, 0.6) is 5.75 Å². The molecule has 1 heterocycles. The number of carbonyl (C=O) groups excluding carboxylic acids is 1. The average Bonchev–Trinajstić information content (AvgIpc) is 2.23. The smallest absolute Gasteiger partial charge is 0.232 e. The second-order valence-corrected chi connectivity index (χ2v) is 4.93. The number of hydrogen-bond acceptors (Lipinski definition) is 2. The molecule has 1 aromatic carbocycles. The van der Waals surface area contributed by atoms with Gasteiger partial charge < -0.3 is 10.0 Å². The van der Waals surface area contributed by atoms with Gasteiger partial charge in [0.05, 0.1) is 5.69 Å². The number of phenolic OH excluding ortho intramolecular Hbond substituents is 1. The molecule has 3 nitrogen and oxygen atoms in total. The minimum atomic E-state index is -0.319. The molecule has 1 aromatic rings. The molecule has 1 fully saturated rings. The molecule has 3 heteroatoms. The molecule has 0 aliphatic carbocycles. The molecular weight excluding hydrogens is 202 g/mol. The van der Waals surface area contributed by atoms with Gasteiger partial charge in [-0.3, -0.25) is 4.79 Å². The fourth-order valence-corrected chi connectivity index (χ4v) is 2.18. The number of piperidine rings is 1. The number of nitrogens with zero attached hydrogens (tertiary/aromatic N) is 1. The SMILES string of the molecule is CC1(C)CCCN(c2ccccc2O)C1=O. The Morgan fingerprint density at radius 3 is 2.69 bits per heavy atom. The van der Waals surface area contributed by atoms with Crippen molar-refractivity contribution in [2.75, 3.05) is 11.4 Å². The van der Waals surface area contributed by atoms with E-state index in [9.17, 15) is 9.90 Å². The minimum Gasteiger partial charge on any atom is -0.506 e. The predicted octanol–water partition coefficient (Wildman–Crippen LogP) is 2.55. The van der Waals surface area contributed by atoms with Gasteiger partial charge in [-0.1, -0.05) is 26.0 Å². The molecule has 16 heavy (non-hydrogen) atoms. The molecule has 0 spiro atoms. The van der Waals surface area contributed by atoms with Crippen LogP contribution in [0, 0.1) is 5.41 Å². The zero-order valence-electron chi connectivity index (χ0n) is 9.73. The number of aromatic hydroxyl groups is 1. The van der Waals surface area contributed by atoms with Crippen LogP contribution in [0.15, 0.2) is 24.3 Å². The van der Waals surface area contributed by atoms with E-state index in [1.54, 1.807) is 23.1 Å². The summed E-state index contributed by atoms with van der Waals surface area (Å²) in [6.07, 6.45) is 1.89. The maximum absolute atomic E-state index is 12.2. The van der Waals surface area contributed by atoms with Crippen LogP contribution >= 0.6 is 0 Å². The summed E-state index contributed by atoms with van der Waals surface area (Å²) in [7, 11) is 0. The highest BCUT2D eigenvalue weighted by Crippen LogP contribution is 2.36. The quantitative estimate of drug-likeness (QED) is 0.788. The summed E-state index contributed by atoms with van der Waals surface area (Å²) in [5.74, 6) is 0.272. The van der Waals surface area contributed by atoms with Crippen LogP contribution < -0.4 is 4.90 Å². The first-order valence-corrected chi connectivity index (χ1v) is 5.62.